The molecule has 1 unspecified atom stereocenters. The summed E-state index contributed by atoms with van der Waals surface area (Å²) in [6.45, 7) is 2.09. The van der Waals surface area contributed by atoms with E-state index in [2.05, 4.69) is 6.92 Å². The fourth-order valence-corrected chi connectivity index (χ4v) is 1.41. The minimum atomic E-state index is 0.493. The summed E-state index contributed by atoms with van der Waals surface area (Å²) in [4.78, 5) is 0. The zero-order chi connectivity index (χ0) is 5.28. The second-order valence-corrected chi connectivity index (χ2v) is 2.83. The van der Waals surface area contributed by atoms with Gasteiger partial charge < -0.3 is 5.11 Å². The minimum Gasteiger partial charge on any atom is -0.502 e. The van der Waals surface area contributed by atoms with Gasteiger partial charge in [0.15, 0.2) is 0 Å². The van der Waals surface area contributed by atoms with Crippen LogP contribution in [0.5, 0.6) is 0 Å². The lowest BCUT2D eigenvalue weighted by atomic mass is 10.2. The largest absolute Gasteiger partial charge is 0.502 e. The third-order valence-electron chi connectivity index (χ3n) is 0.921. The molecule has 40 valence electrons. The first-order valence-electron chi connectivity index (χ1n) is 2.32. The number of aliphatic hydroxyl groups excluding tert-OH is 1. The summed E-state index contributed by atoms with van der Waals surface area (Å²) in [6, 6.07) is 0. The summed E-state index contributed by atoms with van der Waals surface area (Å²) in [5.41, 5.74) is 0. The number of hydrogen-bond acceptors (Lipinski definition) is 2. The van der Waals surface area contributed by atoms with Crippen LogP contribution in [0.25, 0.3) is 0 Å². The fraction of sp³-hybridized carbons (Fsp3) is 0.600. The SMILES string of the molecule is CC1C=C(O)SC1. The van der Waals surface area contributed by atoms with Crippen LogP contribution in [0.1, 0.15) is 6.92 Å². The van der Waals surface area contributed by atoms with Crippen molar-refractivity contribution in [1.29, 1.82) is 0 Å². The zero-order valence-corrected chi connectivity index (χ0v) is 5.03. The van der Waals surface area contributed by atoms with Gasteiger partial charge in [0.2, 0.25) is 0 Å². The second kappa shape index (κ2) is 1.78. The molecule has 1 heterocycles. The molecule has 0 aromatic heterocycles. The minimum absolute atomic E-state index is 0.493. The van der Waals surface area contributed by atoms with Crippen LogP contribution < -0.4 is 0 Å². The highest BCUT2D eigenvalue weighted by molar-refractivity contribution is 8.03. The van der Waals surface area contributed by atoms with E-state index in [1.807, 2.05) is 6.08 Å². The molecule has 0 aliphatic carbocycles. The summed E-state index contributed by atoms with van der Waals surface area (Å²) in [7, 11) is 0. The Bertz CT molecular complexity index is 98.3. The summed E-state index contributed by atoms with van der Waals surface area (Å²) < 4.78 is 0. The molecule has 0 bridgehead atoms. The van der Waals surface area contributed by atoms with E-state index in [0.29, 0.717) is 11.0 Å². The molecule has 0 saturated carbocycles. The predicted molar refractivity (Wildman–Crippen MR) is 32.3 cm³/mol. The molecule has 0 saturated heterocycles. The van der Waals surface area contributed by atoms with E-state index >= 15 is 0 Å². The van der Waals surface area contributed by atoms with Crippen LogP contribution in [0, 0.1) is 5.92 Å². The highest BCUT2D eigenvalue weighted by Crippen LogP contribution is 2.25. The van der Waals surface area contributed by atoms with E-state index < -0.39 is 0 Å². The maximum Gasteiger partial charge on any atom is 0.146 e. The molecule has 2 heteroatoms. The van der Waals surface area contributed by atoms with Gasteiger partial charge in [-0.1, -0.05) is 18.7 Å². The van der Waals surface area contributed by atoms with Crippen LogP contribution in [0.3, 0.4) is 0 Å². The Kier molecular flexibility index (Phi) is 1.28. The third kappa shape index (κ3) is 1.13. The van der Waals surface area contributed by atoms with Gasteiger partial charge in [-0.25, -0.2) is 0 Å². The molecule has 0 aromatic rings. The van der Waals surface area contributed by atoms with Gasteiger partial charge in [0.05, 0.1) is 0 Å². The van der Waals surface area contributed by atoms with Crippen molar-refractivity contribution >= 4 is 11.8 Å². The lowest BCUT2D eigenvalue weighted by Gasteiger charge is -1.87. The van der Waals surface area contributed by atoms with Crippen molar-refractivity contribution in [3.63, 3.8) is 0 Å². The molecule has 1 aliphatic heterocycles. The Morgan fingerprint density at radius 3 is 2.86 bits per heavy atom. The summed E-state index contributed by atoms with van der Waals surface area (Å²) in [5, 5.41) is 9.22. The smallest absolute Gasteiger partial charge is 0.146 e. The topological polar surface area (TPSA) is 20.2 Å². The van der Waals surface area contributed by atoms with Crippen molar-refractivity contribution in [2.75, 3.05) is 5.75 Å². The highest BCUT2D eigenvalue weighted by atomic mass is 32.2. The summed E-state index contributed by atoms with van der Waals surface area (Å²) >= 11 is 1.52. The van der Waals surface area contributed by atoms with Crippen molar-refractivity contribution in [1.82, 2.24) is 0 Å². The van der Waals surface area contributed by atoms with E-state index in [0.717, 1.165) is 5.75 Å². The number of rotatable bonds is 0. The van der Waals surface area contributed by atoms with E-state index in [1.54, 1.807) is 0 Å². The van der Waals surface area contributed by atoms with Gasteiger partial charge in [-0.2, -0.15) is 0 Å². The number of allylic oxidation sites excluding steroid dienone is 1. The fourth-order valence-electron chi connectivity index (χ4n) is 0.556. The molecule has 0 amide bonds. The first-order valence-corrected chi connectivity index (χ1v) is 3.31. The summed E-state index contributed by atoms with van der Waals surface area (Å²) in [6.07, 6.45) is 1.88. The first kappa shape index (κ1) is 5.04. The molecule has 1 rings (SSSR count). The number of thioether (sulfide) groups is 1. The molecule has 1 atom stereocenters. The zero-order valence-electron chi connectivity index (χ0n) is 4.22. The van der Waals surface area contributed by atoms with E-state index in [4.69, 9.17) is 5.11 Å². The van der Waals surface area contributed by atoms with Gasteiger partial charge in [0.1, 0.15) is 5.09 Å². The van der Waals surface area contributed by atoms with Crippen LogP contribution >= 0.6 is 11.8 Å². The number of hydrogen-bond donors (Lipinski definition) is 1. The first-order chi connectivity index (χ1) is 3.29. The molecule has 0 spiro atoms. The monoisotopic (exact) mass is 116 g/mol. The molecule has 7 heavy (non-hydrogen) atoms. The average molecular weight is 116 g/mol. The van der Waals surface area contributed by atoms with E-state index in [9.17, 15) is 0 Å². The van der Waals surface area contributed by atoms with Crippen molar-refractivity contribution in [2.45, 2.75) is 6.92 Å². The van der Waals surface area contributed by atoms with Crippen LogP contribution in [-0.2, 0) is 0 Å². The quantitative estimate of drug-likeness (QED) is 0.520. The van der Waals surface area contributed by atoms with Crippen LogP contribution in [0.4, 0.5) is 0 Å². The van der Waals surface area contributed by atoms with E-state index in [1.165, 1.54) is 11.8 Å². The van der Waals surface area contributed by atoms with Gasteiger partial charge >= 0.3 is 0 Å². The Hall–Kier alpha value is -0.110. The molecule has 1 nitrogen and oxygen atoms in total. The molecular formula is C5H8OS. The maximum absolute atomic E-state index is 8.72. The Labute approximate surface area is 47.4 Å². The van der Waals surface area contributed by atoms with Crippen LogP contribution in [-0.4, -0.2) is 10.9 Å². The average Bonchev–Trinajstić information content (AvgIpc) is 1.87. The van der Waals surface area contributed by atoms with Crippen molar-refractivity contribution < 1.29 is 5.11 Å². The van der Waals surface area contributed by atoms with Gasteiger partial charge in [0.25, 0.3) is 0 Å². The lowest BCUT2D eigenvalue weighted by Crippen LogP contribution is -1.83. The second-order valence-electron chi connectivity index (χ2n) is 1.79. The molecule has 0 fully saturated rings. The Morgan fingerprint density at radius 2 is 2.71 bits per heavy atom. The third-order valence-corrected chi connectivity index (χ3v) is 2.05. The molecule has 1 N–H and O–H groups in total. The highest BCUT2D eigenvalue weighted by Gasteiger charge is 2.08. The standard InChI is InChI=1S/C5H8OS/c1-4-2-5(6)7-3-4/h2,4,6H,3H2,1H3. The maximum atomic E-state index is 8.72. The van der Waals surface area contributed by atoms with Crippen molar-refractivity contribution in [3.8, 4) is 0 Å². The molecular weight excluding hydrogens is 108 g/mol. The summed E-state index contributed by atoms with van der Waals surface area (Å²) in [5.74, 6) is 1.62. The van der Waals surface area contributed by atoms with Crippen LogP contribution in [0.15, 0.2) is 11.2 Å². The van der Waals surface area contributed by atoms with E-state index in [-0.39, 0.29) is 0 Å². The van der Waals surface area contributed by atoms with Crippen molar-refractivity contribution in [2.24, 2.45) is 5.92 Å². The predicted octanol–water partition coefficient (Wildman–Crippen LogP) is 1.77. The molecule has 0 radical (unpaired) electrons. The van der Waals surface area contributed by atoms with Gasteiger partial charge in [-0.05, 0) is 12.0 Å². The molecule has 0 aromatic carbocycles. The Balaban J connectivity index is 2.50. The van der Waals surface area contributed by atoms with Crippen LogP contribution in [0.2, 0.25) is 0 Å². The molecule has 1 aliphatic rings. The van der Waals surface area contributed by atoms with Gasteiger partial charge in [-0.15, -0.1) is 0 Å². The van der Waals surface area contributed by atoms with Gasteiger partial charge in [0, 0.05) is 5.75 Å². The lowest BCUT2D eigenvalue weighted by molar-refractivity contribution is 0.455. The van der Waals surface area contributed by atoms with Crippen molar-refractivity contribution in [3.05, 3.63) is 11.2 Å². The normalized spacial score (nSPS) is 30.4. The van der Waals surface area contributed by atoms with Gasteiger partial charge in [-0.3, -0.25) is 0 Å². The Morgan fingerprint density at radius 1 is 2.00 bits per heavy atom. The number of aliphatic hydroxyl groups is 1.